The summed E-state index contributed by atoms with van der Waals surface area (Å²) in [5.41, 5.74) is 2.16. The van der Waals surface area contributed by atoms with Crippen LogP contribution in [0.3, 0.4) is 0 Å². The summed E-state index contributed by atoms with van der Waals surface area (Å²) in [6.45, 7) is 6.47. The topological polar surface area (TPSA) is 21.6 Å². The molecule has 0 bridgehead atoms. The molecule has 0 aromatic heterocycles. The maximum Gasteiger partial charge on any atom is 0.244 e. The van der Waals surface area contributed by atoms with E-state index in [4.69, 9.17) is 4.43 Å². The summed E-state index contributed by atoms with van der Waals surface area (Å²) < 4.78 is 6.07. The van der Waals surface area contributed by atoms with Crippen molar-refractivity contribution in [2.45, 2.75) is 19.6 Å². The van der Waals surface area contributed by atoms with Crippen molar-refractivity contribution in [3.8, 4) is 0 Å². The first-order valence-electron chi connectivity index (χ1n) is 7.08. The van der Waals surface area contributed by atoms with E-state index in [2.05, 4.69) is 24.6 Å². The third-order valence-electron chi connectivity index (χ3n) is 2.64. The number of rotatable bonds is 5. The van der Waals surface area contributed by atoms with Crippen LogP contribution in [-0.4, -0.2) is 14.5 Å². The predicted molar refractivity (Wildman–Crippen MR) is 92.9 cm³/mol. The average molecular weight is 295 g/mol. The number of nitrogens with zero attached hydrogens (tertiary/aromatic N) is 1. The van der Waals surface area contributed by atoms with Gasteiger partial charge in [0, 0.05) is 12.3 Å². The van der Waals surface area contributed by atoms with Gasteiger partial charge in [-0.05, 0) is 30.8 Å². The lowest BCUT2D eigenvalue weighted by Crippen LogP contribution is -2.24. The molecule has 0 saturated heterocycles. The van der Waals surface area contributed by atoms with Crippen LogP contribution < -0.4 is 0 Å². The second-order valence-electron chi connectivity index (χ2n) is 5.78. The summed E-state index contributed by atoms with van der Waals surface area (Å²) in [6, 6.07) is 20.2. The molecule has 3 heteroatoms. The Hall–Kier alpha value is -2.13. The van der Waals surface area contributed by atoms with Gasteiger partial charge in [0.25, 0.3) is 0 Å². The van der Waals surface area contributed by atoms with Gasteiger partial charge in [-0.3, -0.25) is 0 Å². The standard InChI is InChI=1S/C18H21NOSi/c1-21(2,3)20-18(14-16-10-6-4-7-11-16)19-15-17-12-8-5-9-13-17/h4-15H,1-3H3/b18-14+,19-15+. The molecule has 0 radical (unpaired) electrons. The molecule has 0 aliphatic heterocycles. The van der Waals surface area contributed by atoms with E-state index in [0.29, 0.717) is 5.88 Å². The fourth-order valence-electron chi connectivity index (χ4n) is 1.78. The molecule has 2 aromatic rings. The van der Waals surface area contributed by atoms with Gasteiger partial charge in [0.2, 0.25) is 8.32 Å². The van der Waals surface area contributed by atoms with Crippen LogP contribution in [0.4, 0.5) is 0 Å². The first kappa shape index (κ1) is 15.3. The van der Waals surface area contributed by atoms with Gasteiger partial charge < -0.3 is 4.43 Å². The maximum absolute atomic E-state index is 6.07. The molecule has 2 aromatic carbocycles. The molecule has 108 valence electrons. The smallest absolute Gasteiger partial charge is 0.244 e. The van der Waals surface area contributed by atoms with Crippen molar-refractivity contribution >= 4 is 20.6 Å². The van der Waals surface area contributed by atoms with E-state index in [0.717, 1.165) is 11.1 Å². The number of benzene rings is 2. The summed E-state index contributed by atoms with van der Waals surface area (Å²) in [7, 11) is -1.69. The normalized spacial score (nSPS) is 12.6. The van der Waals surface area contributed by atoms with Crippen LogP contribution in [-0.2, 0) is 4.43 Å². The third-order valence-corrected chi connectivity index (χ3v) is 3.46. The van der Waals surface area contributed by atoms with Crippen LogP contribution in [0.5, 0.6) is 0 Å². The van der Waals surface area contributed by atoms with Crippen LogP contribution in [0.25, 0.3) is 6.08 Å². The summed E-state index contributed by atoms with van der Waals surface area (Å²) in [4.78, 5) is 4.52. The molecule has 2 nitrogen and oxygen atoms in total. The second kappa shape index (κ2) is 7.04. The van der Waals surface area contributed by atoms with Gasteiger partial charge in [0.05, 0.1) is 0 Å². The highest BCUT2D eigenvalue weighted by Crippen LogP contribution is 2.15. The highest BCUT2D eigenvalue weighted by molar-refractivity contribution is 6.70. The molecular weight excluding hydrogens is 274 g/mol. The number of hydrogen-bond acceptors (Lipinski definition) is 2. The molecule has 0 heterocycles. The second-order valence-corrected chi connectivity index (χ2v) is 10.2. The summed E-state index contributed by atoms with van der Waals surface area (Å²) >= 11 is 0. The Kier molecular flexibility index (Phi) is 5.12. The van der Waals surface area contributed by atoms with Crippen LogP contribution >= 0.6 is 0 Å². The lowest BCUT2D eigenvalue weighted by atomic mass is 10.2. The zero-order valence-corrected chi connectivity index (χ0v) is 13.8. The SMILES string of the molecule is C[Si](C)(C)OC(=C/c1ccccc1)/N=C/c1ccccc1. The van der Waals surface area contributed by atoms with E-state index in [1.807, 2.05) is 73.0 Å². The molecular formula is C18H21NOSi. The van der Waals surface area contributed by atoms with Gasteiger partial charge >= 0.3 is 0 Å². The van der Waals surface area contributed by atoms with E-state index >= 15 is 0 Å². The molecule has 21 heavy (non-hydrogen) atoms. The minimum atomic E-state index is -1.69. The predicted octanol–water partition coefficient (Wildman–Crippen LogP) is 4.96. The Morgan fingerprint density at radius 1 is 0.857 bits per heavy atom. The van der Waals surface area contributed by atoms with Gasteiger partial charge in [-0.1, -0.05) is 60.7 Å². The molecule has 0 fully saturated rings. The van der Waals surface area contributed by atoms with E-state index in [1.165, 1.54) is 0 Å². The molecule has 0 amide bonds. The zero-order chi connectivity index (χ0) is 15.1. The van der Waals surface area contributed by atoms with Gasteiger partial charge in [-0.2, -0.15) is 0 Å². The largest absolute Gasteiger partial charge is 0.531 e. The molecule has 0 saturated carbocycles. The quantitative estimate of drug-likeness (QED) is 0.434. The van der Waals surface area contributed by atoms with Gasteiger partial charge in [0.1, 0.15) is 0 Å². The van der Waals surface area contributed by atoms with E-state index in [9.17, 15) is 0 Å². The molecule has 0 N–H and O–H groups in total. The van der Waals surface area contributed by atoms with Gasteiger partial charge in [-0.15, -0.1) is 0 Å². The molecule has 2 rings (SSSR count). The van der Waals surface area contributed by atoms with Crippen molar-refractivity contribution in [2.24, 2.45) is 4.99 Å². The van der Waals surface area contributed by atoms with Crippen molar-refractivity contribution in [1.82, 2.24) is 0 Å². The van der Waals surface area contributed by atoms with Gasteiger partial charge in [-0.25, -0.2) is 4.99 Å². The minimum absolute atomic E-state index is 0.671. The molecule has 0 spiro atoms. The molecule has 0 atom stereocenters. The average Bonchev–Trinajstić information content (AvgIpc) is 2.45. The van der Waals surface area contributed by atoms with E-state index < -0.39 is 8.32 Å². The maximum atomic E-state index is 6.07. The Balaban J connectivity index is 2.24. The van der Waals surface area contributed by atoms with Crippen molar-refractivity contribution in [2.75, 3.05) is 0 Å². The number of aliphatic imine (C=N–C) groups is 1. The molecule has 0 aliphatic carbocycles. The van der Waals surface area contributed by atoms with Crippen molar-refractivity contribution < 1.29 is 4.43 Å². The lowest BCUT2D eigenvalue weighted by Gasteiger charge is -2.19. The summed E-state index contributed by atoms with van der Waals surface area (Å²) in [5, 5.41) is 0. The lowest BCUT2D eigenvalue weighted by molar-refractivity contribution is 0.423. The fraction of sp³-hybridized carbons (Fsp3) is 0.167. The Morgan fingerprint density at radius 2 is 1.38 bits per heavy atom. The third kappa shape index (κ3) is 5.79. The first-order valence-corrected chi connectivity index (χ1v) is 10.5. The summed E-state index contributed by atoms with van der Waals surface area (Å²) in [5.74, 6) is 0.671. The number of hydrogen-bond donors (Lipinski definition) is 0. The monoisotopic (exact) mass is 295 g/mol. The Labute approximate surface area is 128 Å². The highest BCUT2D eigenvalue weighted by Gasteiger charge is 2.17. The van der Waals surface area contributed by atoms with Crippen molar-refractivity contribution in [3.05, 3.63) is 77.7 Å². The summed E-state index contributed by atoms with van der Waals surface area (Å²) in [6.07, 6.45) is 3.83. The van der Waals surface area contributed by atoms with Crippen molar-refractivity contribution in [3.63, 3.8) is 0 Å². The minimum Gasteiger partial charge on any atom is -0.531 e. The van der Waals surface area contributed by atoms with Gasteiger partial charge in [0.15, 0.2) is 5.88 Å². The first-order chi connectivity index (χ1) is 10.0. The zero-order valence-electron chi connectivity index (χ0n) is 12.8. The van der Waals surface area contributed by atoms with Crippen LogP contribution in [0.15, 0.2) is 71.5 Å². The Morgan fingerprint density at radius 3 is 1.90 bits per heavy atom. The van der Waals surface area contributed by atoms with Crippen molar-refractivity contribution in [1.29, 1.82) is 0 Å². The molecule has 0 aliphatic rings. The van der Waals surface area contributed by atoms with E-state index in [1.54, 1.807) is 0 Å². The fourth-order valence-corrected chi connectivity index (χ4v) is 2.51. The van der Waals surface area contributed by atoms with Crippen LogP contribution in [0, 0.1) is 0 Å². The highest BCUT2D eigenvalue weighted by atomic mass is 28.4. The van der Waals surface area contributed by atoms with Crippen LogP contribution in [0.2, 0.25) is 19.6 Å². The van der Waals surface area contributed by atoms with E-state index in [-0.39, 0.29) is 0 Å². The Bertz CT molecular complexity index is 613. The van der Waals surface area contributed by atoms with Crippen LogP contribution in [0.1, 0.15) is 11.1 Å². The molecule has 0 unspecified atom stereocenters.